The van der Waals surface area contributed by atoms with Crippen molar-refractivity contribution < 1.29 is 18.0 Å². The summed E-state index contributed by atoms with van der Waals surface area (Å²) in [7, 11) is 3.17. The van der Waals surface area contributed by atoms with Crippen LogP contribution in [-0.2, 0) is 13.2 Å². The first-order chi connectivity index (χ1) is 16.1. The largest absolute Gasteiger partial charge is 0.421 e. The number of rotatable bonds is 5. The van der Waals surface area contributed by atoms with Crippen LogP contribution in [0.15, 0.2) is 24.5 Å². The van der Waals surface area contributed by atoms with Crippen LogP contribution in [0.5, 0.6) is 0 Å². The molecule has 0 unspecified atom stereocenters. The number of aromatic nitrogens is 3. The lowest BCUT2D eigenvalue weighted by Gasteiger charge is -2.34. The average molecular weight is 496 g/mol. The van der Waals surface area contributed by atoms with Gasteiger partial charge in [-0.25, -0.2) is 4.98 Å². The first-order valence-corrected chi connectivity index (χ1v) is 11.2. The first kappa shape index (κ1) is 24.1. The quantitative estimate of drug-likeness (QED) is 0.552. The number of hydrogen-bond donors (Lipinski definition) is 2. The number of nitrogens with one attached hydrogen (secondary N) is 2. The number of benzene rings is 1. The lowest BCUT2D eigenvalue weighted by Crippen LogP contribution is -2.48. The van der Waals surface area contributed by atoms with Crippen molar-refractivity contribution >= 4 is 45.9 Å². The average Bonchev–Trinajstić information content (AvgIpc) is 3.13. The van der Waals surface area contributed by atoms with Gasteiger partial charge in [-0.05, 0) is 18.7 Å². The highest BCUT2D eigenvalue weighted by molar-refractivity contribution is 6.34. The number of carbonyl (C=O) groups excluding carboxylic acids is 1. The topological polar surface area (TPSA) is 78.3 Å². The second-order valence-electron chi connectivity index (χ2n) is 8.06. The van der Waals surface area contributed by atoms with Crippen molar-refractivity contribution in [2.75, 3.05) is 50.4 Å². The molecule has 0 bridgehead atoms. The predicted molar refractivity (Wildman–Crippen MR) is 126 cm³/mol. The summed E-state index contributed by atoms with van der Waals surface area (Å²) in [5.74, 6) is -0.446. The summed E-state index contributed by atoms with van der Waals surface area (Å²) in [4.78, 5) is 25.1. The van der Waals surface area contributed by atoms with Gasteiger partial charge in [-0.15, -0.1) is 0 Å². The smallest absolute Gasteiger partial charge is 0.372 e. The van der Waals surface area contributed by atoms with E-state index in [1.807, 2.05) is 16.5 Å². The SMILES string of the molecule is CCN1CCN(C(=O)c2cn(C)c3cc(Nc4ncc(C(F)(F)F)c(NC)n4)c(Cl)cc23)CC1. The Bertz CT molecular complexity index is 1220. The van der Waals surface area contributed by atoms with E-state index in [1.54, 1.807) is 18.3 Å². The molecule has 4 rings (SSSR count). The van der Waals surface area contributed by atoms with Crippen molar-refractivity contribution in [2.45, 2.75) is 13.1 Å². The zero-order valence-electron chi connectivity index (χ0n) is 19.0. The van der Waals surface area contributed by atoms with Crippen LogP contribution in [0.2, 0.25) is 5.02 Å². The third-order valence-corrected chi connectivity index (χ3v) is 6.31. The number of fused-ring (bicyclic) bond motifs is 1. The molecule has 2 N–H and O–H groups in total. The Labute approximate surface area is 199 Å². The highest BCUT2D eigenvalue weighted by Gasteiger charge is 2.35. The maximum Gasteiger partial charge on any atom is 0.421 e. The van der Waals surface area contributed by atoms with E-state index in [1.165, 1.54) is 7.05 Å². The highest BCUT2D eigenvalue weighted by atomic mass is 35.5. The van der Waals surface area contributed by atoms with Gasteiger partial charge >= 0.3 is 6.18 Å². The molecule has 0 saturated carbocycles. The molecule has 1 aromatic carbocycles. The van der Waals surface area contributed by atoms with E-state index in [0.29, 0.717) is 35.9 Å². The zero-order chi connectivity index (χ0) is 24.6. The van der Waals surface area contributed by atoms with Crippen molar-refractivity contribution in [2.24, 2.45) is 7.05 Å². The van der Waals surface area contributed by atoms with Crippen LogP contribution in [0.1, 0.15) is 22.8 Å². The summed E-state index contributed by atoms with van der Waals surface area (Å²) in [5.41, 5.74) is 0.738. The van der Waals surface area contributed by atoms with Gasteiger partial charge in [-0.1, -0.05) is 18.5 Å². The van der Waals surface area contributed by atoms with Gasteiger partial charge in [0.1, 0.15) is 11.4 Å². The standard InChI is InChI=1S/C22H25ClF3N7O/c1-4-32-5-7-33(8-6-32)20(34)14-12-31(3)18-10-17(16(23)9-13(14)18)29-21-28-11-15(22(24,25)26)19(27-2)30-21/h9-12H,4-8H2,1-3H3,(H2,27,28,29,30). The molecule has 2 aromatic heterocycles. The zero-order valence-corrected chi connectivity index (χ0v) is 19.8. The number of anilines is 3. The molecular formula is C22H25ClF3N7O. The Balaban J connectivity index is 1.63. The molecule has 0 radical (unpaired) electrons. The Morgan fingerprint density at radius 2 is 1.91 bits per heavy atom. The minimum absolute atomic E-state index is 0.0436. The predicted octanol–water partition coefficient (Wildman–Crippen LogP) is 4.20. The number of aryl methyl sites for hydroxylation is 1. The monoisotopic (exact) mass is 495 g/mol. The normalized spacial score (nSPS) is 15.1. The van der Waals surface area contributed by atoms with Crippen molar-refractivity contribution in [1.29, 1.82) is 0 Å². The van der Waals surface area contributed by atoms with Crippen LogP contribution < -0.4 is 10.6 Å². The molecule has 8 nitrogen and oxygen atoms in total. The number of halogens is 4. The molecule has 3 heterocycles. The number of alkyl halides is 3. The van der Waals surface area contributed by atoms with Crippen LogP contribution >= 0.6 is 11.6 Å². The van der Waals surface area contributed by atoms with Crippen LogP contribution in [0.25, 0.3) is 10.9 Å². The molecule has 3 aromatic rings. The number of carbonyl (C=O) groups is 1. The minimum Gasteiger partial charge on any atom is -0.372 e. The Morgan fingerprint density at radius 3 is 2.53 bits per heavy atom. The fourth-order valence-electron chi connectivity index (χ4n) is 4.07. The van der Waals surface area contributed by atoms with E-state index in [9.17, 15) is 18.0 Å². The molecule has 1 saturated heterocycles. The number of piperazine rings is 1. The molecule has 182 valence electrons. The van der Waals surface area contributed by atoms with Gasteiger partial charge in [0.15, 0.2) is 0 Å². The van der Waals surface area contributed by atoms with Crippen LogP contribution in [-0.4, -0.2) is 70.0 Å². The summed E-state index contributed by atoms with van der Waals surface area (Å²) >= 11 is 6.49. The molecule has 1 aliphatic rings. The second kappa shape index (κ2) is 9.30. The highest BCUT2D eigenvalue weighted by Crippen LogP contribution is 2.36. The van der Waals surface area contributed by atoms with Gasteiger partial charge in [0.05, 0.1) is 21.8 Å². The van der Waals surface area contributed by atoms with Gasteiger partial charge in [-0.3, -0.25) is 4.79 Å². The van der Waals surface area contributed by atoms with Gasteiger partial charge in [0.2, 0.25) is 5.95 Å². The van der Waals surface area contributed by atoms with Crippen molar-refractivity contribution in [3.63, 3.8) is 0 Å². The number of nitrogens with zero attached hydrogens (tertiary/aromatic N) is 5. The van der Waals surface area contributed by atoms with Crippen LogP contribution in [0, 0.1) is 0 Å². The molecule has 34 heavy (non-hydrogen) atoms. The van der Waals surface area contributed by atoms with E-state index in [2.05, 4.69) is 32.4 Å². The summed E-state index contributed by atoms with van der Waals surface area (Å²) in [6.07, 6.45) is -2.10. The molecule has 1 fully saturated rings. The number of likely N-dealkylation sites (N-methyl/N-ethyl adjacent to an activating group) is 1. The summed E-state index contributed by atoms with van der Waals surface area (Å²) in [5, 5.41) is 6.31. The molecule has 0 spiro atoms. The van der Waals surface area contributed by atoms with E-state index in [0.717, 1.165) is 25.2 Å². The molecule has 12 heteroatoms. The fraction of sp³-hybridized carbons (Fsp3) is 0.409. The van der Waals surface area contributed by atoms with E-state index >= 15 is 0 Å². The molecular weight excluding hydrogens is 471 g/mol. The van der Waals surface area contributed by atoms with E-state index < -0.39 is 11.7 Å². The molecule has 0 aliphatic carbocycles. The molecule has 1 aliphatic heterocycles. The Kier molecular flexibility index (Phi) is 6.59. The van der Waals surface area contributed by atoms with Crippen molar-refractivity contribution in [3.05, 3.63) is 40.7 Å². The first-order valence-electron chi connectivity index (χ1n) is 10.8. The Morgan fingerprint density at radius 1 is 1.21 bits per heavy atom. The third-order valence-electron chi connectivity index (χ3n) is 5.99. The maximum absolute atomic E-state index is 13.2. The summed E-state index contributed by atoms with van der Waals surface area (Å²) in [6, 6.07) is 3.40. The maximum atomic E-state index is 13.2. The Hall–Kier alpha value is -3.05. The summed E-state index contributed by atoms with van der Waals surface area (Å²) < 4.78 is 41.2. The third kappa shape index (κ3) is 4.62. The van der Waals surface area contributed by atoms with E-state index in [-0.39, 0.29) is 22.7 Å². The number of hydrogen-bond acceptors (Lipinski definition) is 6. The van der Waals surface area contributed by atoms with Crippen LogP contribution in [0.3, 0.4) is 0 Å². The van der Waals surface area contributed by atoms with Crippen LogP contribution in [0.4, 0.5) is 30.6 Å². The lowest BCUT2D eigenvalue weighted by molar-refractivity contribution is -0.137. The van der Waals surface area contributed by atoms with Gasteiger partial charge < -0.3 is 25.0 Å². The summed E-state index contributed by atoms with van der Waals surface area (Å²) in [6.45, 7) is 6.06. The van der Waals surface area contributed by atoms with Gasteiger partial charge in [-0.2, -0.15) is 18.2 Å². The fourth-order valence-corrected chi connectivity index (χ4v) is 4.28. The lowest BCUT2D eigenvalue weighted by atomic mass is 10.1. The van der Waals surface area contributed by atoms with Crippen molar-refractivity contribution in [1.82, 2.24) is 24.3 Å². The minimum atomic E-state index is -4.58. The second-order valence-corrected chi connectivity index (χ2v) is 8.47. The van der Waals surface area contributed by atoms with Gasteiger partial charge in [0, 0.05) is 58.1 Å². The molecule has 1 amide bonds. The van der Waals surface area contributed by atoms with E-state index in [4.69, 9.17) is 11.6 Å². The van der Waals surface area contributed by atoms with Crippen molar-refractivity contribution in [3.8, 4) is 0 Å². The molecule has 0 atom stereocenters. The number of amides is 1. The van der Waals surface area contributed by atoms with Gasteiger partial charge in [0.25, 0.3) is 5.91 Å².